The normalized spacial score (nSPS) is 16.1. The predicted octanol–water partition coefficient (Wildman–Crippen LogP) is 2.08. The monoisotopic (exact) mass is 392 g/mol. The fourth-order valence-corrected chi connectivity index (χ4v) is 2.85. The van der Waals surface area contributed by atoms with Crippen LogP contribution in [0.5, 0.6) is 5.75 Å². The van der Waals surface area contributed by atoms with Crippen molar-refractivity contribution in [3.05, 3.63) is 30.1 Å². The summed E-state index contributed by atoms with van der Waals surface area (Å²) in [5, 5.41) is 6.27. The number of rotatable bonds is 9. The van der Waals surface area contributed by atoms with Crippen molar-refractivity contribution in [2.45, 2.75) is 45.6 Å². The lowest BCUT2D eigenvalue weighted by molar-refractivity contribution is -0.147. The summed E-state index contributed by atoms with van der Waals surface area (Å²) < 4.78 is 19.1. The predicted molar refractivity (Wildman–Crippen MR) is 106 cm³/mol. The first kappa shape index (κ1) is 21.7. The number of amides is 2. The summed E-state index contributed by atoms with van der Waals surface area (Å²) in [7, 11) is 0. The van der Waals surface area contributed by atoms with Crippen LogP contribution in [0, 0.1) is 5.82 Å². The molecule has 1 aliphatic heterocycles. The number of nitrogens with one attached hydrogen (secondary N) is 2. The van der Waals surface area contributed by atoms with Crippen molar-refractivity contribution < 1.29 is 18.7 Å². The molecule has 2 amide bonds. The number of halogens is 1. The molecular formula is C20H29FN4O3. The lowest BCUT2D eigenvalue weighted by Crippen LogP contribution is -2.46. The molecule has 1 unspecified atom stereocenters. The van der Waals surface area contributed by atoms with Crippen LogP contribution < -0.4 is 15.4 Å². The summed E-state index contributed by atoms with van der Waals surface area (Å²) in [5.41, 5.74) is 0. The Kier molecular flexibility index (Phi) is 8.71. The minimum absolute atomic E-state index is 0.116. The van der Waals surface area contributed by atoms with Gasteiger partial charge in [-0.25, -0.2) is 9.38 Å². The highest BCUT2D eigenvalue weighted by molar-refractivity contribution is 5.97. The van der Waals surface area contributed by atoms with E-state index in [9.17, 15) is 14.0 Å². The first-order valence-electron chi connectivity index (χ1n) is 9.81. The van der Waals surface area contributed by atoms with Crippen LogP contribution in [0.2, 0.25) is 0 Å². The molecule has 2 N–H and O–H groups in total. The molecule has 1 heterocycles. The van der Waals surface area contributed by atoms with Crippen LogP contribution in [0.1, 0.15) is 39.5 Å². The highest BCUT2D eigenvalue weighted by Crippen LogP contribution is 2.15. The Morgan fingerprint density at radius 1 is 1.25 bits per heavy atom. The molecule has 0 saturated carbocycles. The van der Waals surface area contributed by atoms with Gasteiger partial charge in [0.05, 0.1) is 6.54 Å². The van der Waals surface area contributed by atoms with Gasteiger partial charge in [-0.3, -0.25) is 14.5 Å². The lowest BCUT2D eigenvalue weighted by Gasteiger charge is -2.25. The molecule has 154 valence electrons. The summed E-state index contributed by atoms with van der Waals surface area (Å²) in [6.45, 7) is 5.74. The molecule has 8 heteroatoms. The van der Waals surface area contributed by atoms with Crippen molar-refractivity contribution in [3.8, 4) is 5.75 Å². The van der Waals surface area contributed by atoms with Crippen molar-refractivity contribution in [2.24, 2.45) is 4.99 Å². The minimum Gasteiger partial charge on any atom is -0.488 e. The third-order valence-corrected chi connectivity index (χ3v) is 4.36. The number of carbonyl (C=O) groups excluding carboxylic acids is 2. The van der Waals surface area contributed by atoms with E-state index >= 15 is 0 Å². The Labute approximate surface area is 165 Å². The van der Waals surface area contributed by atoms with E-state index in [1.54, 1.807) is 12.1 Å². The third-order valence-electron chi connectivity index (χ3n) is 4.36. The van der Waals surface area contributed by atoms with E-state index in [4.69, 9.17) is 4.74 Å². The van der Waals surface area contributed by atoms with E-state index in [-0.39, 0.29) is 23.7 Å². The fraction of sp³-hybridized carbons (Fsp3) is 0.550. The highest BCUT2D eigenvalue weighted by atomic mass is 19.1. The number of piperidine rings is 1. The zero-order chi connectivity index (χ0) is 20.4. The molecule has 0 radical (unpaired) electrons. The number of benzene rings is 1. The largest absolute Gasteiger partial charge is 0.488 e. The van der Waals surface area contributed by atoms with Gasteiger partial charge in [-0.15, -0.1) is 0 Å². The first-order valence-corrected chi connectivity index (χ1v) is 9.81. The van der Waals surface area contributed by atoms with E-state index in [0.29, 0.717) is 57.2 Å². The van der Waals surface area contributed by atoms with E-state index in [0.717, 1.165) is 6.42 Å². The van der Waals surface area contributed by atoms with E-state index in [1.165, 1.54) is 17.0 Å². The molecule has 0 aromatic heterocycles. The average molecular weight is 392 g/mol. The molecule has 1 aromatic rings. The SMILES string of the molecule is CCNC(=NCC(CC)Oc1cccc(F)c1)NCCN1C(=O)CCCC1=O. The van der Waals surface area contributed by atoms with Crippen molar-refractivity contribution in [3.63, 3.8) is 0 Å². The smallest absolute Gasteiger partial charge is 0.229 e. The maximum atomic E-state index is 13.3. The Bertz CT molecular complexity index is 680. The highest BCUT2D eigenvalue weighted by Gasteiger charge is 2.25. The van der Waals surface area contributed by atoms with Crippen molar-refractivity contribution in [1.29, 1.82) is 0 Å². The summed E-state index contributed by atoms with van der Waals surface area (Å²) >= 11 is 0. The van der Waals surface area contributed by atoms with Crippen LogP contribution >= 0.6 is 0 Å². The van der Waals surface area contributed by atoms with Gasteiger partial charge in [0, 0.05) is 38.5 Å². The molecular weight excluding hydrogens is 363 g/mol. The van der Waals surface area contributed by atoms with Crippen LogP contribution in [0.3, 0.4) is 0 Å². The molecule has 7 nitrogen and oxygen atoms in total. The number of aliphatic imine (C=N–C) groups is 1. The number of hydrogen-bond acceptors (Lipinski definition) is 4. The number of nitrogens with zero attached hydrogens (tertiary/aromatic N) is 2. The van der Waals surface area contributed by atoms with E-state index in [1.807, 2.05) is 13.8 Å². The number of likely N-dealkylation sites (tertiary alicyclic amines) is 1. The van der Waals surface area contributed by atoms with Gasteiger partial charge in [0.15, 0.2) is 5.96 Å². The third kappa shape index (κ3) is 6.83. The van der Waals surface area contributed by atoms with Gasteiger partial charge >= 0.3 is 0 Å². The van der Waals surface area contributed by atoms with Crippen LogP contribution in [0.15, 0.2) is 29.3 Å². The van der Waals surface area contributed by atoms with E-state index in [2.05, 4.69) is 15.6 Å². The van der Waals surface area contributed by atoms with Crippen molar-refractivity contribution >= 4 is 17.8 Å². The zero-order valence-corrected chi connectivity index (χ0v) is 16.5. The second-order valence-electron chi connectivity index (χ2n) is 6.54. The Balaban J connectivity index is 1.87. The number of hydrogen-bond donors (Lipinski definition) is 2. The molecule has 1 atom stereocenters. The number of imide groups is 1. The first-order chi connectivity index (χ1) is 13.5. The standard InChI is InChI=1S/C20H29FN4O3/c1-3-16(28-17-8-5-7-15(21)13-17)14-24-20(22-4-2)23-11-12-25-18(26)9-6-10-19(25)27/h5,7-8,13,16H,3-4,6,9-12,14H2,1-2H3,(H2,22,23,24). The van der Waals surface area contributed by atoms with Crippen LogP contribution in [-0.4, -0.2) is 55.0 Å². The topological polar surface area (TPSA) is 83.0 Å². The van der Waals surface area contributed by atoms with Crippen LogP contribution in [0.25, 0.3) is 0 Å². The van der Waals surface area contributed by atoms with Gasteiger partial charge in [-0.1, -0.05) is 13.0 Å². The molecule has 28 heavy (non-hydrogen) atoms. The van der Waals surface area contributed by atoms with Crippen molar-refractivity contribution in [1.82, 2.24) is 15.5 Å². The number of carbonyl (C=O) groups is 2. The van der Waals surface area contributed by atoms with Gasteiger partial charge < -0.3 is 15.4 Å². The second-order valence-corrected chi connectivity index (χ2v) is 6.54. The Morgan fingerprint density at radius 2 is 2.00 bits per heavy atom. The molecule has 1 fully saturated rings. The van der Waals surface area contributed by atoms with Crippen molar-refractivity contribution in [2.75, 3.05) is 26.2 Å². The average Bonchev–Trinajstić information content (AvgIpc) is 2.67. The molecule has 0 aliphatic carbocycles. The van der Waals surface area contributed by atoms with Gasteiger partial charge in [0.25, 0.3) is 0 Å². The maximum Gasteiger partial charge on any atom is 0.229 e. The summed E-state index contributed by atoms with van der Waals surface area (Å²) in [6.07, 6.45) is 2.01. The van der Waals surface area contributed by atoms with Gasteiger partial charge in [-0.05, 0) is 31.9 Å². The molecule has 0 bridgehead atoms. The maximum absolute atomic E-state index is 13.3. The molecule has 2 rings (SSSR count). The fourth-order valence-electron chi connectivity index (χ4n) is 2.85. The lowest BCUT2D eigenvalue weighted by atomic mass is 10.1. The quantitative estimate of drug-likeness (QED) is 0.382. The van der Waals surface area contributed by atoms with Crippen LogP contribution in [-0.2, 0) is 9.59 Å². The van der Waals surface area contributed by atoms with Gasteiger partial charge in [0.1, 0.15) is 17.7 Å². The molecule has 1 aliphatic rings. The van der Waals surface area contributed by atoms with Crippen LogP contribution in [0.4, 0.5) is 4.39 Å². The molecule has 1 saturated heterocycles. The zero-order valence-electron chi connectivity index (χ0n) is 16.5. The molecule has 0 spiro atoms. The summed E-state index contributed by atoms with van der Waals surface area (Å²) in [4.78, 5) is 29.5. The van der Waals surface area contributed by atoms with Gasteiger partial charge in [-0.2, -0.15) is 0 Å². The number of guanidine groups is 1. The molecule has 1 aromatic carbocycles. The summed E-state index contributed by atoms with van der Waals surface area (Å²) in [6, 6.07) is 6.04. The van der Waals surface area contributed by atoms with Gasteiger partial charge in [0.2, 0.25) is 11.8 Å². The number of ether oxygens (including phenoxy) is 1. The Hall–Kier alpha value is -2.64. The Morgan fingerprint density at radius 3 is 2.64 bits per heavy atom. The minimum atomic E-state index is -0.340. The summed E-state index contributed by atoms with van der Waals surface area (Å²) in [5.74, 6) is 0.486. The van der Waals surface area contributed by atoms with E-state index < -0.39 is 0 Å². The second kappa shape index (κ2) is 11.3.